The van der Waals surface area contributed by atoms with Crippen LogP contribution in [0.2, 0.25) is 0 Å². The number of para-hydroxylation sites is 1. The highest BCUT2D eigenvalue weighted by Crippen LogP contribution is 2.42. The van der Waals surface area contributed by atoms with E-state index in [0.717, 1.165) is 18.7 Å². The van der Waals surface area contributed by atoms with Gasteiger partial charge in [0.1, 0.15) is 0 Å². The normalized spacial score (nSPS) is 21.2. The molecule has 0 saturated carbocycles. The molecule has 2 aromatic rings. The van der Waals surface area contributed by atoms with Gasteiger partial charge in [0, 0.05) is 5.56 Å². The largest absolute Gasteiger partial charge is 0.306 e. The van der Waals surface area contributed by atoms with Gasteiger partial charge in [-0.15, -0.1) is 0 Å². The van der Waals surface area contributed by atoms with E-state index >= 15 is 0 Å². The molecule has 2 aliphatic rings. The van der Waals surface area contributed by atoms with Crippen LogP contribution >= 0.6 is 0 Å². The highest BCUT2D eigenvalue weighted by atomic mass is 15.4. The molecular formula is C21H24N2. The van der Waals surface area contributed by atoms with E-state index in [1.165, 1.54) is 54.4 Å². The fourth-order valence-corrected chi connectivity index (χ4v) is 4.05. The molecule has 0 atom stereocenters. The van der Waals surface area contributed by atoms with Crippen LogP contribution in [0.15, 0.2) is 48.5 Å². The predicted molar refractivity (Wildman–Crippen MR) is 97.8 cm³/mol. The van der Waals surface area contributed by atoms with Crippen molar-refractivity contribution >= 4 is 16.8 Å². The molecule has 0 fully saturated rings. The zero-order valence-electron chi connectivity index (χ0n) is 13.6. The Morgan fingerprint density at radius 2 is 1.30 bits per heavy atom. The number of allylic oxidation sites excluding steroid dienone is 2. The molecule has 0 aromatic heterocycles. The van der Waals surface area contributed by atoms with E-state index < -0.39 is 0 Å². The second kappa shape index (κ2) is 6.21. The summed E-state index contributed by atoms with van der Waals surface area (Å²) < 4.78 is 0. The first-order chi connectivity index (χ1) is 11.3. The molecule has 2 heteroatoms. The minimum absolute atomic E-state index is 0.768. The van der Waals surface area contributed by atoms with E-state index in [2.05, 4.69) is 48.5 Å². The van der Waals surface area contributed by atoms with Gasteiger partial charge in [0.05, 0.1) is 12.2 Å². The lowest BCUT2D eigenvalue weighted by Gasteiger charge is -2.30. The average Bonchev–Trinajstić information content (AvgIpc) is 2.55. The number of nitrogens with two attached hydrogens (primary N) is 1. The number of fused-ring (bicyclic) bond motifs is 4. The Bertz CT molecular complexity index is 745. The van der Waals surface area contributed by atoms with Crippen LogP contribution in [0.3, 0.4) is 0 Å². The Kier molecular flexibility index (Phi) is 3.92. The topological polar surface area (TPSA) is 29.3 Å². The zero-order valence-corrected chi connectivity index (χ0v) is 13.6. The summed E-state index contributed by atoms with van der Waals surface area (Å²) in [6, 6.07) is 17.5. The molecule has 2 N–H and O–H groups in total. The summed E-state index contributed by atoms with van der Waals surface area (Å²) in [6.07, 6.45) is 7.61. The van der Waals surface area contributed by atoms with Gasteiger partial charge < -0.3 is 5.01 Å². The second-order valence-electron chi connectivity index (χ2n) is 6.67. The number of hydrogen-bond acceptors (Lipinski definition) is 2. The van der Waals surface area contributed by atoms with Gasteiger partial charge in [-0.05, 0) is 54.0 Å². The molecule has 0 bridgehead atoms. The molecule has 1 heterocycles. The third-order valence-corrected chi connectivity index (χ3v) is 5.19. The maximum atomic E-state index is 6.43. The van der Waals surface area contributed by atoms with Gasteiger partial charge in [0.2, 0.25) is 0 Å². The monoisotopic (exact) mass is 304 g/mol. The van der Waals surface area contributed by atoms with Gasteiger partial charge in [-0.3, -0.25) is 0 Å². The third-order valence-electron chi connectivity index (χ3n) is 5.19. The Hall–Kier alpha value is -2.06. The first-order valence-electron chi connectivity index (χ1n) is 8.76. The van der Waals surface area contributed by atoms with Crippen molar-refractivity contribution in [1.29, 1.82) is 0 Å². The van der Waals surface area contributed by atoms with Crippen LogP contribution in [0.1, 0.15) is 55.2 Å². The Balaban J connectivity index is 2.00. The van der Waals surface area contributed by atoms with E-state index in [1.807, 2.05) is 5.01 Å². The number of hydrazine groups is 1. The summed E-state index contributed by atoms with van der Waals surface area (Å²) >= 11 is 0. The number of hydrogen-bond donors (Lipinski definition) is 1. The van der Waals surface area contributed by atoms with Crippen LogP contribution in [-0.4, -0.2) is 0 Å². The minimum atomic E-state index is 0.768. The molecule has 1 aliphatic heterocycles. The van der Waals surface area contributed by atoms with Crippen molar-refractivity contribution in [2.75, 3.05) is 5.01 Å². The Morgan fingerprint density at radius 3 is 2.09 bits per heavy atom. The van der Waals surface area contributed by atoms with E-state index in [4.69, 9.17) is 5.84 Å². The van der Waals surface area contributed by atoms with E-state index in [1.54, 1.807) is 5.57 Å². The third kappa shape index (κ3) is 2.68. The number of nitrogens with zero attached hydrogens (tertiary/aromatic N) is 1. The molecule has 4 rings (SSSR count). The van der Waals surface area contributed by atoms with Crippen molar-refractivity contribution in [1.82, 2.24) is 0 Å². The van der Waals surface area contributed by atoms with Crippen LogP contribution in [0.25, 0.3) is 11.1 Å². The van der Waals surface area contributed by atoms with Crippen molar-refractivity contribution in [3.05, 3.63) is 65.2 Å². The molecule has 23 heavy (non-hydrogen) atoms. The summed E-state index contributed by atoms with van der Waals surface area (Å²) in [5, 5.41) is 1.91. The fourth-order valence-electron chi connectivity index (χ4n) is 4.05. The zero-order chi connectivity index (χ0) is 15.6. The molecule has 1 aliphatic carbocycles. The maximum Gasteiger partial charge on any atom is 0.0598 e. The van der Waals surface area contributed by atoms with Crippen molar-refractivity contribution < 1.29 is 0 Å². The van der Waals surface area contributed by atoms with Crippen molar-refractivity contribution in [2.24, 2.45) is 5.84 Å². The predicted octanol–water partition coefficient (Wildman–Crippen LogP) is 5.15. The highest BCUT2D eigenvalue weighted by Gasteiger charge is 2.22. The quantitative estimate of drug-likeness (QED) is 0.682. The summed E-state index contributed by atoms with van der Waals surface area (Å²) in [5.41, 5.74) is 8.33. The van der Waals surface area contributed by atoms with Gasteiger partial charge >= 0.3 is 0 Å². The lowest BCUT2D eigenvalue weighted by molar-refractivity contribution is 0.648. The number of rotatable bonds is 0. The Morgan fingerprint density at radius 1 is 0.696 bits per heavy atom. The van der Waals surface area contributed by atoms with Crippen LogP contribution in [-0.2, 0) is 6.54 Å². The van der Waals surface area contributed by atoms with Gasteiger partial charge in [-0.25, -0.2) is 5.84 Å². The Labute approximate surface area is 138 Å². The second-order valence-corrected chi connectivity index (χ2v) is 6.67. The van der Waals surface area contributed by atoms with Gasteiger partial charge in [-0.2, -0.15) is 0 Å². The van der Waals surface area contributed by atoms with Crippen LogP contribution in [0.4, 0.5) is 5.69 Å². The number of anilines is 1. The van der Waals surface area contributed by atoms with Crippen LogP contribution in [0, 0.1) is 0 Å². The lowest BCUT2D eigenvalue weighted by Crippen LogP contribution is -2.32. The van der Waals surface area contributed by atoms with Gasteiger partial charge in [0.15, 0.2) is 0 Å². The van der Waals surface area contributed by atoms with Crippen LogP contribution < -0.4 is 10.9 Å². The van der Waals surface area contributed by atoms with Crippen molar-refractivity contribution in [3.63, 3.8) is 0 Å². The SMILES string of the molecule is NN1Cc2ccccc2/C2=C(/CCCCCC2)c2ccccc21. The highest BCUT2D eigenvalue weighted by molar-refractivity contribution is 5.96. The molecule has 0 spiro atoms. The molecule has 0 amide bonds. The molecule has 2 aromatic carbocycles. The van der Waals surface area contributed by atoms with E-state index in [-0.39, 0.29) is 0 Å². The molecule has 0 radical (unpaired) electrons. The molecule has 0 saturated heterocycles. The summed E-state index contributed by atoms with van der Waals surface area (Å²) in [5.74, 6) is 6.43. The first-order valence-corrected chi connectivity index (χ1v) is 8.76. The summed E-state index contributed by atoms with van der Waals surface area (Å²) in [7, 11) is 0. The molecular weight excluding hydrogens is 280 g/mol. The molecule has 118 valence electrons. The first kappa shape index (κ1) is 14.5. The summed E-state index contributed by atoms with van der Waals surface area (Å²) in [6.45, 7) is 0.768. The lowest BCUT2D eigenvalue weighted by atomic mass is 9.82. The minimum Gasteiger partial charge on any atom is -0.306 e. The number of benzene rings is 2. The molecule has 2 nitrogen and oxygen atoms in total. The fraction of sp³-hybridized carbons (Fsp3) is 0.333. The smallest absolute Gasteiger partial charge is 0.0598 e. The standard InChI is InChI=1S/C21H24N2/c22-23-15-16-9-5-6-10-17(16)18-11-3-1-2-4-12-19(18)20-13-7-8-14-21(20)23/h5-10,13-14H,1-4,11-12,15,22H2/b19-18-. The van der Waals surface area contributed by atoms with Gasteiger partial charge in [0.25, 0.3) is 0 Å². The van der Waals surface area contributed by atoms with E-state index in [0.29, 0.717) is 0 Å². The molecule has 0 unspecified atom stereocenters. The van der Waals surface area contributed by atoms with Crippen molar-refractivity contribution in [2.45, 2.75) is 45.1 Å². The maximum absolute atomic E-state index is 6.43. The van der Waals surface area contributed by atoms with Gasteiger partial charge in [-0.1, -0.05) is 55.3 Å². The van der Waals surface area contributed by atoms with Crippen molar-refractivity contribution in [3.8, 4) is 0 Å². The van der Waals surface area contributed by atoms with Crippen LogP contribution in [0.5, 0.6) is 0 Å². The summed E-state index contributed by atoms with van der Waals surface area (Å²) in [4.78, 5) is 0. The van der Waals surface area contributed by atoms with E-state index in [9.17, 15) is 0 Å². The average molecular weight is 304 g/mol.